The van der Waals surface area contributed by atoms with Crippen molar-refractivity contribution < 1.29 is 4.79 Å². The molecule has 0 aromatic carbocycles. The largest absolute Gasteiger partial charge is 0.374 e. The van der Waals surface area contributed by atoms with E-state index in [9.17, 15) is 4.79 Å². The Morgan fingerprint density at radius 3 is 2.41 bits per heavy atom. The molecule has 1 heterocycles. The maximum Gasteiger partial charge on any atom is 0.162 e. The van der Waals surface area contributed by atoms with Crippen molar-refractivity contribution in [1.82, 2.24) is 4.90 Å². The van der Waals surface area contributed by atoms with Gasteiger partial charge in [-0.05, 0) is 24.7 Å². The van der Waals surface area contributed by atoms with Crippen LogP contribution in [0.1, 0.15) is 46.5 Å². The van der Waals surface area contributed by atoms with Crippen LogP contribution in [0.5, 0.6) is 0 Å². The summed E-state index contributed by atoms with van der Waals surface area (Å²) >= 11 is 0. The number of rotatable bonds is 5. The molecule has 0 bridgehead atoms. The van der Waals surface area contributed by atoms with Crippen molar-refractivity contribution in [2.45, 2.75) is 46.5 Å². The Kier molecular flexibility index (Phi) is 4.74. The van der Waals surface area contributed by atoms with Gasteiger partial charge >= 0.3 is 0 Å². The summed E-state index contributed by atoms with van der Waals surface area (Å²) in [4.78, 5) is 13.2. The van der Waals surface area contributed by atoms with E-state index in [0.29, 0.717) is 11.9 Å². The number of carbonyl (C=O) groups is 1. The van der Waals surface area contributed by atoms with Crippen LogP contribution in [0.2, 0.25) is 0 Å². The molecular formula is C14H22N2O. The summed E-state index contributed by atoms with van der Waals surface area (Å²) in [6, 6.07) is 2.05. The molecule has 0 aromatic heterocycles. The molecular weight excluding hydrogens is 212 g/mol. The maximum absolute atomic E-state index is 11.0. The van der Waals surface area contributed by atoms with Crippen LogP contribution in [-0.4, -0.2) is 24.3 Å². The molecule has 1 saturated heterocycles. The zero-order valence-corrected chi connectivity index (χ0v) is 11.1. The monoisotopic (exact) mass is 234 g/mol. The molecule has 94 valence electrons. The molecule has 0 atom stereocenters. The van der Waals surface area contributed by atoms with Crippen LogP contribution in [0.15, 0.2) is 11.3 Å². The van der Waals surface area contributed by atoms with Gasteiger partial charge in [0.25, 0.3) is 0 Å². The highest BCUT2D eigenvalue weighted by Gasteiger charge is 2.25. The molecule has 3 nitrogen and oxygen atoms in total. The molecule has 0 saturated carbocycles. The Morgan fingerprint density at radius 2 is 2.00 bits per heavy atom. The fourth-order valence-corrected chi connectivity index (χ4v) is 2.10. The average molecular weight is 234 g/mol. The molecule has 0 aliphatic carbocycles. The minimum Gasteiger partial charge on any atom is -0.374 e. The van der Waals surface area contributed by atoms with Gasteiger partial charge in [0.15, 0.2) is 6.29 Å². The lowest BCUT2D eigenvalue weighted by atomic mass is 9.84. The van der Waals surface area contributed by atoms with Crippen LogP contribution >= 0.6 is 0 Å². The zero-order valence-electron chi connectivity index (χ0n) is 11.1. The quantitative estimate of drug-likeness (QED) is 0.417. The fraction of sp³-hybridized carbons (Fsp3) is 0.714. The summed E-state index contributed by atoms with van der Waals surface area (Å²) in [5.74, 6) is 0. The van der Waals surface area contributed by atoms with Crippen LogP contribution in [0, 0.1) is 16.7 Å². The minimum atomic E-state index is 0.142. The predicted molar refractivity (Wildman–Crippen MR) is 68.2 cm³/mol. The SMILES string of the molecule is CCC(C)(C)C/C(=C(/C#N)C=O)N1CCCC1. The van der Waals surface area contributed by atoms with Gasteiger partial charge in [0.1, 0.15) is 11.6 Å². The van der Waals surface area contributed by atoms with E-state index in [0.717, 1.165) is 44.5 Å². The number of hydrogen-bond acceptors (Lipinski definition) is 3. The topological polar surface area (TPSA) is 44.1 Å². The van der Waals surface area contributed by atoms with E-state index in [-0.39, 0.29) is 5.41 Å². The lowest BCUT2D eigenvalue weighted by Gasteiger charge is -2.30. The number of hydrogen-bond donors (Lipinski definition) is 0. The number of carbonyl (C=O) groups excluding carboxylic acids is 1. The molecule has 1 rings (SSSR count). The van der Waals surface area contributed by atoms with Crippen LogP contribution in [0.4, 0.5) is 0 Å². The molecule has 0 unspecified atom stereocenters. The van der Waals surface area contributed by atoms with Gasteiger partial charge in [0.2, 0.25) is 0 Å². The first-order valence-corrected chi connectivity index (χ1v) is 6.37. The minimum absolute atomic E-state index is 0.142. The predicted octanol–water partition coefficient (Wildman–Crippen LogP) is 2.89. The highest BCUT2D eigenvalue weighted by molar-refractivity contribution is 5.80. The van der Waals surface area contributed by atoms with Crippen molar-refractivity contribution >= 4 is 6.29 Å². The number of aldehydes is 1. The molecule has 3 heteroatoms. The molecule has 1 aliphatic heterocycles. The fourth-order valence-electron chi connectivity index (χ4n) is 2.10. The first kappa shape index (κ1) is 13.8. The highest BCUT2D eigenvalue weighted by atomic mass is 16.1. The van der Waals surface area contributed by atoms with Crippen LogP contribution < -0.4 is 0 Å². The normalized spacial score (nSPS) is 17.6. The Bertz CT molecular complexity index is 344. The number of allylic oxidation sites excluding steroid dienone is 2. The van der Waals surface area contributed by atoms with E-state index < -0.39 is 0 Å². The molecule has 0 aromatic rings. The molecule has 0 amide bonds. The number of nitriles is 1. The lowest BCUT2D eigenvalue weighted by molar-refractivity contribution is -0.104. The molecule has 1 aliphatic rings. The van der Waals surface area contributed by atoms with Gasteiger partial charge in [-0.25, -0.2) is 0 Å². The standard InChI is InChI=1S/C14H22N2O/c1-4-14(2,3)9-13(12(10-15)11-17)16-7-5-6-8-16/h11H,4-9H2,1-3H3/b13-12+. The van der Waals surface area contributed by atoms with Gasteiger partial charge in [0.05, 0.1) is 0 Å². The number of likely N-dealkylation sites (tertiary alicyclic amines) is 1. The molecule has 1 fully saturated rings. The van der Waals surface area contributed by atoms with E-state index >= 15 is 0 Å². The van der Waals surface area contributed by atoms with Crippen molar-refractivity contribution in [3.8, 4) is 6.07 Å². The van der Waals surface area contributed by atoms with Crippen molar-refractivity contribution in [1.29, 1.82) is 5.26 Å². The molecule has 0 N–H and O–H groups in total. The zero-order chi connectivity index (χ0) is 12.9. The summed E-state index contributed by atoms with van der Waals surface area (Å²) in [6.07, 6.45) is 4.88. The first-order valence-electron chi connectivity index (χ1n) is 6.37. The second kappa shape index (κ2) is 5.86. The van der Waals surface area contributed by atoms with Gasteiger partial charge < -0.3 is 4.90 Å². The van der Waals surface area contributed by atoms with E-state index in [1.165, 1.54) is 0 Å². The van der Waals surface area contributed by atoms with Crippen molar-refractivity contribution in [2.24, 2.45) is 5.41 Å². The van der Waals surface area contributed by atoms with Crippen molar-refractivity contribution in [3.05, 3.63) is 11.3 Å². The first-order chi connectivity index (χ1) is 8.04. The van der Waals surface area contributed by atoms with E-state index in [2.05, 4.69) is 25.7 Å². The van der Waals surface area contributed by atoms with Crippen LogP contribution in [0.25, 0.3) is 0 Å². The Morgan fingerprint density at radius 1 is 1.41 bits per heavy atom. The Hall–Kier alpha value is -1.30. The van der Waals surface area contributed by atoms with Crippen molar-refractivity contribution in [2.75, 3.05) is 13.1 Å². The third-order valence-corrected chi connectivity index (χ3v) is 3.64. The van der Waals surface area contributed by atoms with Gasteiger partial charge in [-0.2, -0.15) is 5.26 Å². The third kappa shape index (κ3) is 3.59. The third-order valence-electron chi connectivity index (χ3n) is 3.64. The van der Waals surface area contributed by atoms with Crippen LogP contribution in [0.3, 0.4) is 0 Å². The van der Waals surface area contributed by atoms with Gasteiger partial charge in [-0.15, -0.1) is 0 Å². The second-order valence-corrected chi connectivity index (χ2v) is 5.48. The average Bonchev–Trinajstić information content (AvgIpc) is 2.82. The van der Waals surface area contributed by atoms with E-state index in [1.807, 2.05) is 6.07 Å². The van der Waals surface area contributed by atoms with E-state index in [1.54, 1.807) is 0 Å². The van der Waals surface area contributed by atoms with E-state index in [4.69, 9.17) is 5.26 Å². The summed E-state index contributed by atoms with van der Waals surface area (Å²) in [6.45, 7) is 8.47. The summed E-state index contributed by atoms with van der Waals surface area (Å²) < 4.78 is 0. The smallest absolute Gasteiger partial charge is 0.162 e. The molecule has 17 heavy (non-hydrogen) atoms. The second-order valence-electron chi connectivity index (χ2n) is 5.48. The van der Waals surface area contributed by atoms with Crippen LogP contribution in [-0.2, 0) is 4.79 Å². The maximum atomic E-state index is 11.0. The molecule has 0 radical (unpaired) electrons. The summed E-state index contributed by atoms with van der Waals surface area (Å²) in [5, 5.41) is 9.06. The molecule has 0 spiro atoms. The summed E-state index contributed by atoms with van der Waals surface area (Å²) in [5.41, 5.74) is 1.41. The van der Waals surface area contributed by atoms with Gasteiger partial charge in [0, 0.05) is 18.8 Å². The number of nitrogens with zero attached hydrogens (tertiary/aromatic N) is 2. The Labute approximate surface area is 104 Å². The van der Waals surface area contributed by atoms with Gasteiger partial charge in [-0.3, -0.25) is 4.79 Å². The highest BCUT2D eigenvalue weighted by Crippen LogP contribution is 2.32. The lowest BCUT2D eigenvalue weighted by Crippen LogP contribution is -2.25. The summed E-state index contributed by atoms with van der Waals surface area (Å²) in [7, 11) is 0. The van der Waals surface area contributed by atoms with Gasteiger partial charge in [-0.1, -0.05) is 27.2 Å². The Balaban J connectivity index is 2.98. The van der Waals surface area contributed by atoms with Crippen molar-refractivity contribution in [3.63, 3.8) is 0 Å².